The van der Waals surface area contributed by atoms with Crippen LogP contribution in [0, 0.1) is 5.41 Å². The fourth-order valence-electron chi connectivity index (χ4n) is 1.97. The van der Waals surface area contributed by atoms with Crippen LogP contribution in [0.25, 0.3) is 0 Å². The third kappa shape index (κ3) is 2.27. The van der Waals surface area contributed by atoms with E-state index in [0.717, 1.165) is 6.42 Å². The van der Waals surface area contributed by atoms with Crippen molar-refractivity contribution in [2.24, 2.45) is 5.41 Å². The van der Waals surface area contributed by atoms with Crippen LogP contribution in [-0.4, -0.2) is 28.5 Å². The zero-order chi connectivity index (χ0) is 13.2. The third-order valence-corrected chi connectivity index (χ3v) is 3.40. The molecule has 1 amide bonds. The molecule has 0 unspecified atom stereocenters. The van der Waals surface area contributed by atoms with Crippen molar-refractivity contribution < 1.29 is 14.7 Å². The summed E-state index contributed by atoms with van der Waals surface area (Å²) in [5.41, 5.74) is -0.778. The van der Waals surface area contributed by atoms with Gasteiger partial charge in [-0.3, -0.25) is 14.4 Å². The summed E-state index contributed by atoms with van der Waals surface area (Å²) in [7, 11) is 0. The van der Waals surface area contributed by atoms with Gasteiger partial charge >= 0.3 is 5.97 Å². The second kappa shape index (κ2) is 4.64. The minimum atomic E-state index is -0.865. The Morgan fingerprint density at radius 2 is 2.11 bits per heavy atom. The van der Waals surface area contributed by atoms with Gasteiger partial charge in [-0.25, -0.2) is 0 Å². The molecule has 0 spiro atoms. The molecule has 18 heavy (non-hydrogen) atoms. The summed E-state index contributed by atoms with van der Waals surface area (Å²) in [5.74, 6) is -1.24. The second-order valence-electron chi connectivity index (χ2n) is 4.56. The van der Waals surface area contributed by atoms with Gasteiger partial charge in [0.2, 0.25) is 5.56 Å². The highest BCUT2D eigenvalue weighted by Crippen LogP contribution is 2.40. The minimum Gasteiger partial charge on any atom is -0.481 e. The van der Waals surface area contributed by atoms with Gasteiger partial charge in [0.1, 0.15) is 0 Å². The van der Waals surface area contributed by atoms with Gasteiger partial charge in [0, 0.05) is 18.8 Å². The lowest BCUT2D eigenvalue weighted by molar-refractivity contribution is -0.153. The van der Waals surface area contributed by atoms with E-state index in [1.807, 2.05) is 0 Å². The smallest absolute Gasteiger partial charge is 0.311 e. The maximum absolute atomic E-state index is 11.7. The molecule has 0 radical (unpaired) electrons. The molecule has 1 aliphatic rings. The Hall–Kier alpha value is -2.11. The largest absolute Gasteiger partial charge is 0.481 e. The molecule has 2 rings (SSSR count). The Kier molecular flexibility index (Phi) is 3.18. The van der Waals surface area contributed by atoms with Crippen LogP contribution < -0.4 is 10.9 Å². The van der Waals surface area contributed by atoms with Crippen LogP contribution in [-0.2, 0) is 4.79 Å². The van der Waals surface area contributed by atoms with Crippen LogP contribution in [0.4, 0.5) is 0 Å². The first-order chi connectivity index (χ1) is 8.53. The van der Waals surface area contributed by atoms with Gasteiger partial charge in [-0.2, -0.15) is 0 Å². The maximum Gasteiger partial charge on any atom is 0.311 e. The fraction of sp³-hybridized carbons (Fsp3) is 0.417. The maximum atomic E-state index is 11.7. The number of carboxylic acid groups (broad SMARTS) is 1. The normalized spacial score (nSPS) is 16.7. The molecule has 6 nitrogen and oxygen atoms in total. The molecular formula is C12H14N2O4. The van der Waals surface area contributed by atoms with E-state index >= 15 is 0 Å². The van der Waals surface area contributed by atoms with Gasteiger partial charge in [-0.05, 0) is 18.9 Å². The lowest BCUT2D eigenvalue weighted by Crippen LogP contribution is -2.47. The predicted octanol–water partition coefficient (Wildman–Crippen LogP) is 0.360. The molecule has 1 aromatic heterocycles. The summed E-state index contributed by atoms with van der Waals surface area (Å²) < 4.78 is 0. The molecule has 0 aliphatic heterocycles. The number of aromatic nitrogens is 1. The molecule has 0 bridgehead atoms. The van der Waals surface area contributed by atoms with Crippen molar-refractivity contribution in [1.29, 1.82) is 0 Å². The number of carbonyl (C=O) groups is 2. The summed E-state index contributed by atoms with van der Waals surface area (Å²) in [6.07, 6.45) is 3.37. The zero-order valence-electron chi connectivity index (χ0n) is 9.73. The highest BCUT2D eigenvalue weighted by Gasteiger charge is 2.44. The molecule has 1 saturated carbocycles. The van der Waals surface area contributed by atoms with Crippen molar-refractivity contribution in [2.45, 2.75) is 19.3 Å². The Balaban J connectivity index is 1.98. The number of hydrogen-bond acceptors (Lipinski definition) is 3. The van der Waals surface area contributed by atoms with E-state index in [4.69, 9.17) is 5.11 Å². The van der Waals surface area contributed by atoms with E-state index in [0.29, 0.717) is 18.4 Å². The lowest BCUT2D eigenvalue weighted by atomic mass is 9.69. The van der Waals surface area contributed by atoms with Crippen molar-refractivity contribution in [1.82, 2.24) is 10.3 Å². The number of aromatic amines is 1. The number of pyridine rings is 1. The summed E-state index contributed by atoms with van der Waals surface area (Å²) in [5, 5.41) is 11.7. The predicted molar refractivity (Wildman–Crippen MR) is 63.3 cm³/mol. The van der Waals surface area contributed by atoms with Crippen molar-refractivity contribution in [3.05, 3.63) is 34.2 Å². The molecule has 0 saturated heterocycles. The highest BCUT2D eigenvalue weighted by atomic mass is 16.4. The molecule has 1 aliphatic carbocycles. The Morgan fingerprint density at radius 1 is 1.39 bits per heavy atom. The fourth-order valence-corrected chi connectivity index (χ4v) is 1.97. The first kappa shape index (κ1) is 12.3. The number of hydrogen-bond donors (Lipinski definition) is 3. The van der Waals surface area contributed by atoms with Crippen molar-refractivity contribution in [3.63, 3.8) is 0 Å². The van der Waals surface area contributed by atoms with Gasteiger partial charge in [-0.1, -0.05) is 6.42 Å². The van der Waals surface area contributed by atoms with Crippen LogP contribution in [0.3, 0.4) is 0 Å². The van der Waals surface area contributed by atoms with Crippen molar-refractivity contribution in [2.75, 3.05) is 6.54 Å². The Labute approximate surface area is 103 Å². The van der Waals surface area contributed by atoms with Crippen molar-refractivity contribution in [3.8, 4) is 0 Å². The average Bonchev–Trinajstić information content (AvgIpc) is 2.27. The second-order valence-corrected chi connectivity index (χ2v) is 4.56. The molecule has 6 heteroatoms. The van der Waals surface area contributed by atoms with Crippen LogP contribution >= 0.6 is 0 Å². The van der Waals surface area contributed by atoms with Crippen LogP contribution in [0.1, 0.15) is 29.6 Å². The first-order valence-electron chi connectivity index (χ1n) is 5.74. The number of rotatable bonds is 4. The number of carboxylic acids is 1. The van der Waals surface area contributed by atoms with E-state index in [2.05, 4.69) is 10.3 Å². The zero-order valence-corrected chi connectivity index (χ0v) is 9.73. The molecule has 1 fully saturated rings. The molecular weight excluding hydrogens is 236 g/mol. The number of amides is 1. The van der Waals surface area contributed by atoms with E-state index in [1.165, 1.54) is 18.3 Å². The molecule has 3 N–H and O–H groups in total. The molecule has 0 aromatic carbocycles. The number of H-pyrrole nitrogens is 1. The van der Waals surface area contributed by atoms with Crippen LogP contribution in [0.5, 0.6) is 0 Å². The first-order valence-corrected chi connectivity index (χ1v) is 5.74. The number of aliphatic carboxylic acids is 1. The van der Waals surface area contributed by atoms with E-state index in [9.17, 15) is 14.4 Å². The SMILES string of the molecule is O=C(NCC1(C(=O)O)CCC1)c1ccc(=O)[nH]c1. The number of nitrogens with one attached hydrogen (secondary N) is 2. The summed E-state index contributed by atoms with van der Waals surface area (Å²) in [6.45, 7) is 0.125. The highest BCUT2D eigenvalue weighted by molar-refractivity contribution is 5.94. The topological polar surface area (TPSA) is 99.3 Å². The summed E-state index contributed by atoms with van der Waals surface area (Å²) >= 11 is 0. The van der Waals surface area contributed by atoms with E-state index in [1.54, 1.807) is 0 Å². The van der Waals surface area contributed by atoms with Crippen LogP contribution in [0.15, 0.2) is 23.1 Å². The standard InChI is InChI=1S/C12H14N2O4/c15-9-3-2-8(6-13-9)10(16)14-7-12(11(17)18)4-1-5-12/h2-3,6H,1,4-5,7H2,(H,13,15)(H,14,16)(H,17,18). The molecule has 1 heterocycles. The third-order valence-electron chi connectivity index (χ3n) is 3.40. The van der Waals surface area contributed by atoms with Crippen LogP contribution in [0.2, 0.25) is 0 Å². The summed E-state index contributed by atoms with van der Waals surface area (Å²) in [4.78, 5) is 36.1. The Bertz CT molecular complexity index is 511. The van der Waals surface area contributed by atoms with E-state index < -0.39 is 11.4 Å². The monoisotopic (exact) mass is 250 g/mol. The average molecular weight is 250 g/mol. The van der Waals surface area contributed by atoms with Gasteiger partial charge in [-0.15, -0.1) is 0 Å². The van der Waals surface area contributed by atoms with E-state index in [-0.39, 0.29) is 18.0 Å². The summed E-state index contributed by atoms with van der Waals surface area (Å²) in [6, 6.07) is 2.66. The minimum absolute atomic E-state index is 0.125. The molecule has 0 atom stereocenters. The Morgan fingerprint density at radius 3 is 2.56 bits per heavy atom. The molecule has 1 aromatic rings. The lowest BCUT2D eigenvalue weighted by Gasteiger charge is -2.37. The van der Waals surface area contributed by atoms with Crippen molar-refractivity contribution >= 4 is 11.9 Å². The van der Waals surface area contributed by atoms with Gasteiger partial charge in [0.15, 0.2) is 0 Å². The number of carbonyl (C=O) groups excluding carboxylic acids is 1. The van der Waals surface area contributed by atoms with Gasteiger partial charge in [0.25, 0.3) is 5.91 Å². The molecule has 96 valence electrons. The van der Waals surface area contributed by atoms with Gasteiger partial charge < -0.3 is 15.4 Å². The quantitative estimate of drug-likeness (QED) is 0.718. The van der Waals surface area contributed by atoms with Gasteiger partial charge in [0.05, 0.1) is 11.0 Å².